The molecule has 1 atom stereocenters. The number of aliphatic hydroxyl groups excluding tert-OH is 1. The number of nitrogens with zero attached hydrogens (tertiary/aromatic N) is 2. The molecule has 1 heterocycles. The molecule has 0 spiro atoms. The third-order valence-electron chi connectivity index (χ3n) is 4.68. The SMILES string of the molecule is N#Cc1cccc(CN2CCC(C(O)c3ccccc3)CC2)c1. The van der Waals surface area contributed by atoms with Gasteiger partial charge in [0.1, 0.15) is 0 Å². The normalized spacial score (nSPS) is 17.6. The van der Waals surface area contributed by atoms with E-state index in [1.807, 2.05) is 48.5 Å². The summed E-state index contributed by atoms with van der Waals surface area (Å²) in [6.45, 7) is 2.86. The first-order valence-corrected chi connectivity index (χ1v) is 8.20. The number of hydrogen-bond acceptors (Lipinski definition) is 3. The number of nitriles is 1. The average Bonchev–Trinajstić information content (AvgIpc) is 2.63. The summed E-state index contributed by atoms with van der Waals surface area (Å²) in [5, 5.41) is 19.5. The highest BCUT2D eigenvalue weighted by Crippen LogP contribution is 2.31. The third kappa shape index (κ3) is 3.98. The summed E-state index contributed by atoms with van der Waals surface area (Å²) in [5.74, 6) is 0.332. The van der Waals surface area contributed by atoms with Gasteiger partial charge in [-0.2, -0.15) is 5.26 Å². The Morgan fingerprint density at radius 2 is 1.83 bits per heavy atom. The number of rotatable bonds is 4. The predicted molar refractivity (Wildman–Crippen MR) is 90.6 cm³/mol. The fraction of sp³-hybridized carbons (Fsp3) is 0.350. The Bertz CT molecular complexity index is 670. The maximum atomic E-state index is 10.5. The van der Waals surface area contributed by atoms with E-state index in [-0.39, 0.29) is 6.10 Å². The first-order chi connectivity index (χ1) is 11.3. The van der Waals surface area contributed by atoms with Crippen molar-refractivity contribution in [1.82, 2.24) is 4.90 Å². The van der Waals surface area contributed by atoms with E-state index >= 15 is 0 Å². The fourth-order valence-corrected chi connectivity index (χ4v) is 3.35. The molecule has 0 aromatic heterocycles. The largest absolute Gasteiger partial charge is 0.388 e. The molecular weight excluding hydrogens is 284 g/mol. The molecule has 23 heavy (non-hydrogen) atoms. The number of piperidine rings is 1. The van der Waals surface area contributed by atoms with Gasteiger partial charge in [-0.15, -0.1) is 0 Å². The van der Waals surface area contributed by atoms with Crippen LogP contribution in [0.4, 0.5) is 0 Å². The minimum absolute atomic E-state index is 0.332. The second kappa shape index (κ2) is 7.41. The lowest BCUT2D eigenvalue weighted by Crippen LogP contribution is -2.35. The molecule has 0 amide bonds. The van der Waals surface area contributed by atoms with Crippen molar-refractivity contribution >= 4 is 0 Å². The van der Waals surface area contributed by atoms with Gasteiger partial charge in [0.2, 0.25) is 0 Å². The van der Waals surface area contributed by atoms with E-state index in [0.717, 1.165) is 43.6 Å². The van der Waals surface area contributed by atoms with Gasteiger partial charge in [-0.25, -0.2) is 0 Å². The molecule has 1 aliphatic heterocycles. The van der Waals surface area contributed by atoms with Crippen LogP contribution >= 0.6 is 0 Å². The Kier molecular flexibility index (Phi) is 5.07. The van der Waals surface area contributed by atoms with Crippen molar-refractivity contribution in [3.05, 3.63) is 71.3 Å². The predicted octanol–water partition coefficient (Wildman–Crippen LogP) is 3.50. The first kappa shape index (κ1) is 15.7. The number of likely N-dealkylation sites (tertiary alicyclic amines) is 1. The van der Waals surface area contributed by atoms with E-state index in [1.54, 1.807) is 0 Å². The van der Waals surface area contributed by atoms with Crippen molar-refractivity contribution in [2.45, 2.75) is 25.5 Å². The molecule has 0 bridgehead atoms. The minimum Gasteiger partial charge on any atom is -0.388 e. The van der Waals surface area contributed by atoms with Crippen LogP contribution in [0, 0.1) is 17.2 Å². The minimum atomic E-state index is -0.361. The molecule has 3 nitrogen and oxygen atoms in total. The highest BCUT2D eigenvalue weighted by Gasteiger charge is 2.26. The maximum absolute atomic E-state index is 10.5. The van der Waals surface area contributed by atoms with Gasteiger partial charge in [0.25, 0.3) is 0 Å². The molecule has 2 aromatic rings. The summed E-state index contributed by atoms with van der Waals surface area (Å²) in [7, 11) is 0. The summed E-state index contributed by atoms with van der Waals surface area (Å²) in [6, 6.07) is 20.0. The van der Waals surface area contributed by atoms with E-state index in [4.69, 9.17) is 5.26 Å². The van der Waals surface area contributed by atoms with Gasteiger partial charge in [-0.3, -0.25) is 4.90 Å². The molecule has 3 rings (SSSR count). The van der Waals surface area contributed by atoms with Gasteiger partial charge >= 0.3 is 0 Å². The van der Waals surface area contributed by atoms with Crippen molar-refractivity contribution < 1.29 is 5.11 Å². The fourth-order valence-electron chi connectivity index (χ4n) is 3.35. The van der Waals surface area contributed by atoms with E-state index in [2.05, 4.69) is 17.0 Å². The van der Waals surface area contributed by atoms with Crippen LogP contribution in [0.15, 0.2) is 54.6 Å². The monoisotopic (exact) mass is 306 g/mol. The van der Waals surface area contributed by atoms with Gasteiger partial charge in [-0.05, 0) is 55.1 Å². The average molecular weight is 306 g/mol. The number of hydrogen-bond donors (Lipinski definition) is 1. The van der Waals surface area contributed by atoms with Crippen LogP contribution in [-0.4, -0.2) is 23.1 Å². The van der Waals surface area contributed by atoms with Crippen LogP contribution in [0.2, 0.25) is 0 Å². The third-order valence-corrected chi connectivity index (χ3v) is 4.68. The van der Waals surface area contributed by atoms with Crippen molar-refractivity contribution in [1.29, 1.82) is 5.26 Å². The lowest BCUT2D eigenvalue weighted by molar-refractivity contribution is 0.0568. The summed E-state index contributed by atoms with van der Waals surface area (Å²) in [6.07, 6.45) is 1.66. The molecule has 0 saturated carbocycles. The molecule has 0 radical (unpaired) electrons. The Labute approximate surface area is 137 Å². The molecule has 2 aromatic carbocycles. The highest BCUT2D eigenvalue weighted by molar-refractivity contribution is 5.32. The summed E-state index contributed by atoms with van der Waals surface area (Å²) in [5.41, 5.74) is 2.93. The molecule has 1 unspecified atom stereocenters. The number of aliphatic hydroxyl groups is 1. The molecule has 3 heteroatoms. The topological polar surface area (TPSA) is 47.3 Å². The second-order valence-corrected chi connectivity index (χ2v) is 6.28. The lowest BCUT2D eigenvalue weighted by Gasteiger charge is -2.34. The van der Waals surface area contributed by atoms with Gasteiger partial charge in [-0.1, -0.05) is 42.5 Å². The van der Waals surface area contributed by atoms with Crippen LogP contribution in [0.5, 0.6) is 0 Å². The standard InChI is InChI=1S/C20H22N2O/c21-14-16-5-4-6-17(13-16)15-22-11-9-19(10-12-22)20(23)18-7-2-1-3-8-18/h1-8,13,19-20,23H,9-12,15H2. The summed E-state index contributed by atoms with van der Waals surface area (Å²) >= 11 is 0. The Morgan fingerprint density at radius 3 is 2.52 bits per heavy atom. The zero-order valence-electron chi connectivity index (χ0n) is 13.2. The van der Waals surface area contributed by atoms with E-state index in [0.29, 0.717) is 5.92 Å². The van der Waals surface area contributed by atoms with Crippen LogP contribution in [0.3, 0.4) is 0 Å². The van der Waals surface area contributed by atoms with Crippen LogP contribution in [-0.2, 0) is 6.54 Å². The smallest absolute Gasteiger partial charge is 0.0991 e. The van der Waals surface area contributed by atoms with E-state index < -0.39 is 0 Å². The zero-order chi connectivity index (χ0) is 16.1. The first-order valence-electron chi connectivity index (χ1n) is 8.20. The van der Waals surface area contributed by atoms with Crippen LogP contribution in [0.25, 0.3) is 0 Å². The summed E-state index contributed by atoms with van der Waals surface area (Å²) in [4.78, 5) is 2.41. The molecule has 118 valence electrons. The van der Waals surface area contributed by atoms with Crippen molar-refractivity contribution in [3.8, 4) is 6.07 Å². The molecular formula is C20H22N2O. The van der Waals surface area contributed by atoms with Gasteiger partial charge in [0.05, 0.1) is 17.7 Å². The maximum Gasteiger partial charge on any atom is 0.0991 e. The van der Waals surface area contributed by atoms with Crippen molar-refractivity contribution in [2.75, 3.05) is 13.1 Å². The van der Waals surface area contributed by atoms with Crippen LogP contribution in [0.1, 0.15) is 35.6 Å². The lowest BCUT2D eigenvalue weighted by atomic mass is 9.87. The van der Waals surface area contributed by atoms with E-state index in [1.165, 1.54) is 5.56 Å². The Morgan fingerprint density at radius 1 is 1.09 bits per heavy atom. The Hall–Kier alpha value is -2.15. The van der Waals surface area contributed by atoms with Gasteiger partial charge in [0.15, 0.2) is 0 Å². The zero-order valence-corrected chi connectivity index (χ0v) is 13.2. The molecule has 1 N–H and O–H groups in total. The molecule has 1 fully saturated rings. The molecule has 0 aliphatic carbocycles. The van der Waals surface area contributed by atoms with E-state index in [9.17, 15) is 5.11 Å². The molecule has 1 saturated heterocycles. The summed E-state index contributed by atoms with van der Waals surface area (Å²) < 4.78 is 0. The van der Waals surface area contributed by atoms with Crippen LogP contribution < -0.4 is 0 Å². The quantitative estimate of drug-likeness (QED) is 0.940. The highest BCUT2D eigenvalue weighted by atomic mass is 16.3. The second-order valence-electron chi connectivity index (χ2n) is 6.28. The Balaban J connectivity index is 1.55. The van der Waals surface area contributed by atoms with Crippen molar-refractivity contribution in [3.63, 3.8) is 0 Å². The number of benzene rings is 2. The van der Waals surface area contributed by atoms with Gasteiger partial charge < -0.3 is 5.11 Å². The molecule has 1 aliphatic rings. The van der Waals surface area contributed by atoms with Crippen molar-refractivity contribution in [2.24, 2.45) is 5.92 Å². The van der Waals surface area contributed by atoms with Gasteiger partial charge in [0, 0.05) is 6.54 Å².